The zero-order chi connectivity index (χ0) is 25.6. The fraction of sp³-hybridized carbons (Fsp3) is 0.414. The van der Waals surface area contributed by atoms with E-state index in [9.17, 15) is 0 Å². The third kappa shape index (κ3) is 4.17. The maximum atomic E-state index is 7.43. The number of hydrogen-bond donors (Lipinski definition) is 0. The number of aliphatic imine (C=N–C) groups is 1. The first-order valence-electron chi connectivity index (χ1n) is 13.3. The zero-order valence-electron chi connectivity index (χ0n) is 21.8. The van der Waals surface area contributed by atoms with E-state index in [4.69, 9.17) is 21.0 Å². The Morgan fingerprint density at radius 2 is 1.54 bits per heavy atom. The molecule has 0 spiro atoms. The lowest BCUT2D eigenvalue weighted by Crippen LogP contribution is -2.68. The number of halogens is 1. The molecule has 6 nitrogen and oxygen atoms in total. The van der Waals surface area contributed by atoms with E-state index < -0.39 is 8.32 Å². The molecule has 0 amide bonds. The maximum absolute atomic E-state index is 7.43. The van der Waals surface area contributed by atoms with Crippen LogP contribution in [0.2, 0.25) is 10.3 Å². The standard InChI is InChI=1S/C29H34ClN5OSi/c1-29(2,3)37(23-10-6-4-7-11-23,24-12-8-5-9-13-24)36-22-16-14-21(15-17-22)35-26-25(20-32-27(30)33-26)34-19-18-31-28(34)35/h4-13,20-22H,14-19H2,1-3H3/t21-,22-. The Labute approximate surface area is 225 Å². The molecule has 1 aromatic heterocycles. The van der Waals surface area contributed by atoms with Gasteiger partial charge in [0.2, 0.25) is 11.2 Å². The third-order valence-corrected chi connectivity index (χ3v) is 13.3. The average Bonchev–Trinajstić information content (AvgIpc) is 3.49. The first-order chi connectivity index (χ1) is 17.9. The van der Waals surface area contributed by atoms with Crippen LogP contribution in [0.1, 0.15) is 46.5 Å². The van der Waals surface area contributed by atoms with Crippen molar-refractivity contribution in [1.29, 1.82) is 0 Å². The Morgan fingerprint density at radius 1 is 0.919 bits per heavy atom. The Bertz CT molecular complexity index is 1250. The van der Waals surface area contributed by atoms with Crippen LogP contribution in [0.4, 0.5) is 11.5 Å². The summed E-state index contributed by atoms with van der Waals surface area (Å²) < 4.78 is 7.43. The first kappa shape index (κ1) is 24.6. The van der Waals surface area contributed by atoms with E-state index in [-0.39, 0.29) is 16.4 Å². The topological polar surface area (TPSA) is 53.9 Å². The molecule has 3 heterocycles. The van der Waals surface area contributed by atoms with Gasteiger partial charge in [-0.25, -0.2) is 4.98 Å². The molecule has 0 unspecified atom stereocenters. The van der Waals surface area contributed by atoms with Crippen LogP contribution in [0.15, 0.2) is 71.9 Å². The number of hydrogen-bond acceptors (Lipinski definition) is 6. The monoisotopic (exact) mass is 531 g/mol. The van der Waals surface area contributed by atoms with Crippen molar-refractivity contribution in [3.8, 4) is 0 Å². The largest absolute Gasteiger partial charge is 0.404 e. The van der Waals surface area contributed by atoms with E-state index in [1.807, 2.05) is 6.20 Å². The molecule has 0 N–H and O–H groups in total. The van der Waals surface area contributed by atoms with Crippen LogP contribution < -0.4 is 20.2 Å². The van der Waals surface area contributed by atoms with Crippen molar-refractivity contribution < 1.29 is 4.43 Å². The van der Waals surface area contributed by atoms with E-state index in [1.165, 1.54) is 10.4 Å². The van der Waals surface area contributed by atoms with E-state index in [0.717, 1.165) is 56.2 Å². The van der Waals surface area contributed by atoms with Gasteiger partial charge in [-0.05, 0) is 52.7 Å². The van der Waals surface area contributed by atoms with Crippen LogP contribution in [0.25, 0.3) is 0 Å². The molecule has 2 aromatic carbocycles. The van der Waals surface area contributed by atoms with Crippen molar-refractivity contribution >= 4 is 47.8 Å². The van der Waals surface area contributed by atoms with Gasteiger partial charge in [-0.2, -0.15) is 4.98 Å². The highest BCUT2D eigenvalue weighted by molar-refractivity contribution is 6.99. The minimum absolute atomic E-state index is 0.0206. The van der Waals surface area contributed by atoms with Crippen LogP contribution >= 0.6 is 11.6 Å². The quantitative estimate of drug-likeness (QED) is 0.342. The molecule has 8 heteroatoms. The van der Waals surface area contributed by atoms with Crippen molar-refractivity contribution in [3.05, 3.63) is 72.1 Å². The van der Waals surface area contributed by atoms with Gasteiger partial charge in [-0.1, -0.05) is 81.4 Å². The smallest absolute Gasteiger partial charge is 0.261 e. The minimum atomic E-state index is -2.56. The lowest BCUT2D eigenvalue weighted by Gasteiger charge is -2.46. The molecular formula is C29H34ClN5OSi. The number of nitrogens with zero attached hydrogens (tertiary/aromatic N) is 5. The molecule has 3 aliphatic rings. The van der Waals surface area contributed by atoms with E-state index in [2.05, 4.69) is 101 Å². The molecule has 1 saturated carbocycles. The fourth-order valence-corrected chi connectivity index (χ4v) is 11.3. The summed E-state index contributed by atoms with van der Waals surface area (Å²) in [7, 11) is -2.56. The van der Waals surface area contributed by atoms with Crippen LogP contribution in [-0.2, 0) is 4.43 Å². The molecule has 6 rings (SSSR count). The second kappa shape index (κ2) is 9.53. The highest BCUT2D eigenvalue weighted by Gasteiger charge is 2.52. The molecule has 1 aliphatic carbocycles. The van der Waals surface area contributed by atoms with Crippen molar-refractivity contribution in [2.24, 2.45) is 4.99 Å². The Hall–Kier alpha value is -2.74. The number of fused-ring (bicyclic) bond motifs is 3. The number of rotatable bonds is 5. The third-order valence-electron chi connectivity index (χ3n) is 8.04. The van der Waals surface area contributed by atoms with Crippen molar-refractivity contribution in [2.75, 3.05) is 22.9 Å². The van der Waals surface area contributed by atoms with Crippen LogP contribution in [0.3, 0.4) is 0 Å². The second-order valence-electron chi connectivity index (χ2n) is 11.3. The number of guanidine groups is 1. The summed E-state index contributed by atoms with van der Waals surface area (Å²) in [5.74, 6) is 1.90. The molecule has 192 valence electrons. The number of benzene rings is 2. The summed E-state index contributed by atoms with van der Waals surface area (Å²) in [6.07, 6.45) is 6.11. The lowest BCUT2D eigenvalue weighted by atomic mass is 9.92. The molecule has 0 saturated heterocycles. The molecule has 2 aliphatic heterocycles. The summed E-state index contributed by atoms with van der Waals surface area (Å²) in [6.45, 7) is 8.73. The molecule has 1 fully saturated rings. The molecule has 3 aromatic rings. The molecule has 37 heavy (non-hydrogen) atoms. The van der Waals surface area contributed by atoms with Crippen LogP contribution in [0, 0.1) is 0 Å². The average molecular weight is 532 g/mol. The van der Waals surface area contributed by atoms with E-state index in [1.54, 1.807) is 0 Å². The first-order valence-corrected chi connectivity index (χ1v) is 15.6. The maximum Gasteiger partial charge on any atom is 0.261 e. The Kier molecular flexibility index (Phi) is 6.33. The van der Waals surface area contributed by atoms with Gasteiger partial charge in [-0.15, -0.1) is 0 Å². The number of anilines is 2. The SMILES string of the molecule is CC(C)(C)[Si](O[C@H]1CC[C@H](N2C3=NCCN3c3cnc(Cl)nc32)CC1)(c1ccccc1)c1ccccc1. The van der Waals surface area contributed by atoms with Crippen LogP contribution in [-0.4, -0.2) is 49.5 Å². The molecule has 0 radical (unpaired) electrons. The lowest BCUT2D eigenvalue weighted by molar-refractivity contribution is 0.136. The van der Waals surface area contributed by atoms with Gasteiger partial charge in [0, 0.05) is 18.7 Å². The van der Waals surface area contributed by atoms with Crippen LogP contribution in [0.5, 0.6) is 0 Å². The van der Waals surface area contributed by atoms with Gasteiger partial charge < -0.3 is 9.33 Å². The van der Waals surface area contributed by atoms with E-state index in [0.29, 0.717) is 6.04 Å². The summed E-state index contributed by atoms with van der Waals surface area (Å²) >= 11 is 6.22. The fourth-order valence-electron chi connectivity index (χ4n) is 6.38. The minimum Gasteiger partial charge on any atom is -0.404 e. The number of aromatic nitrogens is 2. The predicted molar refractivity (Wildman–Crippen MR) is 154 cm³/mol. The van der Waals surface area contributed by atoms with Gasteiger partial charge in [0.1, 0.15) is 5.69 Å². The van der Waals surface area contributed by atoms with Crippen molar-refractivity contribution in [2.45, 2.75) is 63.6 Å². The summed E-state index contributed by atoms with van der Waals surface area (Å²) in [5.41, 5.74) is 1.02. The summed E-state index contributed by atoms with van der Waals surface area (Å²) in [6, 6.07) is 22.2. The Morgan fingerprint density at radius 3 is 2.14 bits per heavy atom. The zero-order valence-corrected chi connectivity index (χ0v) is 23.5. The predicted octanol–water partition coefficient (Wildman–Crippen LogP) is 5.01. The van der Waals surface area contributed by atoms with Gasteiger partial charge in [0.15, 0.2) is 5.82 Å². The normalized spacial score (nSPS) is 21.6. The van der Waals surface area contributed by atoms with Gasteiger partial charge >= 0.3 is 0 Å². The van der Waals surface area contributed by atoms with Gasteiger partial charge in [-0.3, -0.25) is 9.89 Å². The Balaban J connectivity index is 1.28. The molecular weight excluding hydrogens is 498 g/mol. The highest BCUT2D eigenvalue weighted by Crippen LogP contribution is 2.43. The second-order valence-corrected chi connectivity index (χ2v) is 15.9. The van der Waals surface area contributed by atoms with E-state index >= 15 is 0 Å². The molecule has 0 bridgehead atoms. The van der Waals surface area contributed by atoms with Crippen molar-refractivity contribution in [1.82, 2.24) is 9.97 Å². The summed E-state index contributed by atoms with van der Waals surface area (Å²) in [5, 5.41) is 2.94. The summed E-state index contributed by atoms with van der Waals surface area (Å²) in [4.78, 5) is 18.2. The van der Waals surface area contributed by atoms with Gasteiger partial charge in [0.05, 0.1) is 12.7 Å². The molecule has 0 atom stereocenters. The highest BCUT2D eigenvalue weighted by atomic mass is 35.5. The van der Waals surface area contributed by atoms with Crippen molar-refractivity contribution in [3.63, 3.8) is 0 Å². The van der Waals surface area contributed by atoms with Gasteiger partial charge in [0.25, 0.3) is 8.32 Å².